The molecule has 4 heteroatoms. The molecule has 0 aliphatic heterocycles. The summed E-state index contributed by atoms with van der Waals surface area (Å²) in [5.74, 6) is 0. The van der Waals surface area contributed by atoms with E-state index in [1.807, 2.05) is 13.0 Å². The minimum atomic E-state index is -4.27. The first-order valence-electron chi connectivity index (χ1n) is 4.69. The second-order valence-corrected chi connectivity index (χ2v) is 3.45. The Labute approximate surface area is 84.9 Å². The van der Waals surface area contributed by atoms with Gasteiger partial charge in [0.15, 0.2) is 0 Å². The van der Waals surface area contributed by atoms with Crippen LogP contribution in [-0.4, -0.2) is 4.98 Å². The number of alkyl halides is 3. The van der Waals surface area contributed by atoms with E-state index >= 15 is 0 Å². The fourth-order valence-electron chi connectivity index (χ4n) is 1.55. The average molecular weight is 213 g/mol. The summed E-state index contributed by atoms with van der Waals surface area (Å²) in [5.41, 5.74) is 0.880. The van der Waals surface area contributed by atoms with Crippen molar-refractivity contribution in [3.05, 3.63) is 35.5 Å². The van der Waals surface area contributed by atoms with Gasteiger partial charge >= 0.3 is 6.18 Å². The number of aryl methyl sites for hydroxylation is 1. The van der Waals surface area contributed by atoms with Gasteiger partial charge in [-0.3, -0.25) is 0 Å². The Morgan fingerprint density at radius 2 is 1.93 bits per heavy atom. The van der Waals surface area contributed by atoms with Gasteiger partial charge in [-0.2, -0.15) is 13.2 Å². The number of hydrogen-bond donors (Lipinski definition) is 1. The molecule has 1 N–H and O–H groups in total. The summed E-state index contributed by atoms with van der Waals surface area (Å²) < 4.78 is 37.2. The average Bonchev–Trinajstić information content (AvgIpc) is 2.57. The first-order chi connectivity index (χ1) is 7.00. The summed E-state index contributed by atoms with van der Waals surface area (Å²) in [7, 11) is 0. The van der Waals surface area contributed by atoms with Crippen molar-refractivity contribution in [1.29, 1.82) is 0 Å². The third-order valence-corrected chi connectivity index (χ3v) is 2.39. The van der Waals surface area contributed by atoms with E-state index in [9.17, 15) is 13.2 Å². The van der Waals surface area contributed by atoms with Gasteiger partial charge in [-0.1, -0.05) is 13.0 Å². The van der Waals surface area contributed by atoms with Crippen LogP contribution in [0.4, 0.5) is 13.2 Å². The summed E-state index contributed by atoms with van der Waals surface area (Å²) >= 11 is 0. The highest BCUT2D eigenvalue weighted by Gasteiger charge is 2.30. The predicted octanol–water partition coefficient (Wildman–Crippen LogP) is 3.75. The number of benzene rings is 1. The summed E-state index contributed by atoms with van der Waals surface area (Å²) in [6.07, 6.45) is -3.48. The zero-order valence-corrected chi connectivity index (χ0v) is 8.15. The smallest absolute Gasteiger partial charge is 0.358 e. The molecule has 0 atom stereocenters. The highest BCUT2D eigenvalue weighted by molar-refractivity contribution is 5.81. The number of aromatic nitrogens is 1. The molecule has 0 saturated heterocycles. The van der Waals surface area contributed by atoms with Crippen molar-refractivity contribution in [3.8, 4) is 0 Å². The van der Waals surface area contributed by atoms with Gasteiger partial charge in [0.1, 0.15) is 0 Å². The van der Waals surface area contributed by atoms with Crippen LogP contribution >= 0.6 is 0 Å². The van der Waals surface area contributed by atoms with Crippen LogP contribution in [0.2, 0.25) is 0 Å². The molecule has 0 saturated carbocycles. The highest BCUT2D eigenvalue weighted by Crippen LogP contribution is 2.31. The zero-order chi connectivity index (χ0) is 11.1. The van der Waals surface area contributed by atoms with Crippen LogP contribution in [0.15, 0.2) is 24.3 Å². The maximum atomic E-state index is 12.4. The van der Waals surface area contributed by atoms with Crippen molar-refractivity contribution in [2.75, 3.05) is 0 Å². The lowest BCUT2D eigenvalue weighted by atomic mass is 10.1. The molecule has 80 valence electrons. The molecule has 0 unspecified atom stereocenters. The molecule has 15 heavy (non-hydrogen) atoms. The number of fused-ring (bicyclic) bond motifs is 1. The van der Waals surface area contributed by atoms with Gasteiger partial charge in [0, 0.05) is 11.2 Å². The molecule has 0 bridgehead atoms. The summed E-state index contributed by atoms with van der Waals surface area (Å²) in [4.78, 5) is 2.96. The van der Waals surface area contributed by atoms with Gasteiger partial charge < -0.3 is 4.98 Å². The lowest BCUT2D eigenvalue weighted by molar-refractivity contribution is -0.137. The van der Waals surface area contributed by atoms with Crippen LogP contribution < -0.4 is 0 Å². The van der Waals surface area contributed by atoms with Crippen LogP contribution in [0, 0.1) is 0 Å². The minimum absolute atomic E-state index is 0.543. The molecule has 2 aromatic rings. The number of aromatic amines is 1. The fourth-order valence-corrected chi connectivity index (χ4v) is 1.55. The van der Waals surface area contributed by atoms with Gasteiger partial charge in [0.05, 0.1) is 5.56 Å². The molecule has 0 radical (unpaired) electrons. The minimum Gasteiger partial charge on any atom is -0.358 e. The van der Waals surface area contributed by atoms with Crippen LogP contribution in [0.3, 0.4) is 0 Å². The van der Waals surface area contributed by atoms with Crippen LogP contribution in [0.1, 0.15) is 18.2 Å². The van der Waals surface area contributed by atoms with E-state index in [1.165, 1.54) is 6.07 Å². The van der Waals surface area contributed by atoms with Crippen LogP contribution in [0.25, 0.3) is 10.9 Å². The molecule has 0 fully saturated rings. The van der Waals surface area contributed by atoms with Crippen molar-refractivity contribution >= 4 is 10.9 Å². The van der Waals surface area contributed by atoms with Crippen LogP contribution in [0.5, 0.6) is 0 Å². The lowest BCUT2D eigenvalue weighted by Crippen LogP contribution is -2.03. The quantitative estimate of drug-likeness (QED) is 0.742. The maximum absolute atomic E-state index is 12.4. The summed E-state index contributed by atoms with van der Waals surface area (Å²) in [6.45, 7) is 1.95. The Bertz CT molecular complexity index is 482. The highest BCUT2D eigenvalue weighted by atomic mass is 19.4. The number of rotatable bonds is 1. The van der Waals surface area contributed by atoms with E-state index < -0.39 is 11.7 Å². The molecule has 0 aliphatic rings. The first kappa shape index (κ1) is 10.1. The largest absolute Gasteiger partial charge is 0.416 e. The third-order valence-electron chi connectivity index (χ3n) is 2.39. The molecule has 0 amide bonds. The van der Waals surface area contributed by atoms with Gasteiger partial charge in [0.2, 0.25) is 0 Å². The SMILES string of the molecule is CCc1cc2ccc(C(F)(F)F)cc2[nH]1. The Morgan fingerprint density at radius 1 is 1.20 bits per heavy atom. The van der Waals surface area contributed by atoms with E-state index in [0.717, 1.165) is 29.6 Å². The monoisotopic (exact) mass is 213 g/mol. The number of hydrogen-bond acceptors (Lipinski definition) is 0. The Balaban J connectivity index is 2.55. The number of halogens is 3. The number of nitrogens with one attached hydrogen (secondary N) is 1. The molecule has 1 heterocycles. The molecular weight excluding hydrogens is 203 g/mol. The lowest BCUT2D eigenvalue weighted by Gasteiger charge is -2.05. The molecular formula is C11H10F3N. The van der Waals surface area contributed by atoms with E-state index in [4.69, 9.17) is 0 Å². The van der Waals surface area contributed by atoms with Gasteiger partial charge in [-0.25, -0.2) is 0 Å². The van der Waals surface area contributed by atoms with Crippen molar-refractivity contribution in [2.24, 2.45) is 0 Å². The van der Waals surface area contributed by atoms with Crippen LogP contribution in [-0.2, 0) is 12.6 Å². The molecule has 1 nitrogen and oxygen atoms in total. The molecule has 0 aliphatic carbocycles. The number of H-pyrrole nitrogens is 1. The van der Waals surface area contributed by atoms with Gasteiger partial charge in [0.25, 0.3) is 0 Å². The second kappa shape index (κ2) is 3.29. The Morgan fingerprint density at radius 3 is 2.53 bits per heavy atom. The first-order valence-corrected chi connectivity index (χ1v) is 4.69. The standard InChI is InChI=1S/C11H10F3N/c1-2-9-5-7-3-4-8(11(12,13)14)6-10(7)15-9/h3-6,15H,2H2,1H3. The fraction of sp³-hybridized carbons (Fsp3) is 0.273. The summed E-state index contributed by atoms with van der Waals surface area (Å²) in [5, 5.41) is 0.819. The molecule has 2 rings (SSSR count). The molecule has 0 spiro atoms. The Kier molecular flexibility index (Phi) is 2.21. The molecule has 1 aromatic heterocycles. The van der Waals surface area contributed by atoms with E-state index in [-0.39, 0.29) is 0 Å². The van der Waals surface area contributed by atoms with Gasteiger partial charge in [-0.05, 0) is 30.0 Å². The topological polar surface area (TPSA) is 15.8 Å². The second-order valence-electron chi connectivity index (χ2n) is 3.45. The predicted molar refractivity (Wildman–Crippen MR) is 52.7 cm³/mol. The zero-order valence-electron chi connectivity index (χ0n) is 8.15. The van der Waals surface area contributed by atoms with Crippen molar-refractivity contribution in [1.82, 2.24) is 4.98 Å². The van der Waals surface area contributed by atoms with Crippen molar-refractivity contribution < 1.29 is 13.2 Å². The Hall–Kier alpha value is -1.45. The third kappa shape index (κ3) is 1.84. The maximum Gasteiger partial charge on any atom is 0.416 e. The van der Waals surface area contributed by atoms with E-state index in [2.05, 4.69) is 4.98 Å². The summed E-state index contributed by atoms with van der Waals surface area (Å²) in [6, 6.07) is 5.62. The van der Waals surface area contributed by atoms with Gasteiger partial charge in [-0.15, -0.1) is 0 Å². The van der Waals surface area contributed by atoms with E-state index in [1.54, 1.807) is 0 Å². The van der Waals surface area contributed by atoms with E-state index in [0.29, 0.717) is 5.52 Å². The van der Waals surface area contributed by atoms with Crippen molar-refractivity contribution in [3.63, 3.8) is 0 Å². The van der Waals surface area contributed by atoms with Crippen molar-refractivity contribution in [2.45, 2.75) is 19.5 Å². The molecule has 1 aromatic carbocycles. The normalized spacial score (nSPS) is 12.3.